The maximum atomic E-state index is 5.98. The lowest BCUT2D eigenvalue weighted by atomic mass is 10.1. The molecule has 1 atom stereocenters. The number of rotatable bonds is 4. The lowest BCUT2D eigenvalue weighted by molar-refractivity contribution is 0.276. The number of benzene rings is 1. The first-order valence-corrected chi connectivity index (χ1v) is 5.62. The Morgan fingerprint density at radius 2 is 1.76 bits per heavy atom. The van der Waals surface area contributed by atoms with Gasteiger partial charge in [-0.25, -0.2) is 0 Å². The van der Waals surface area contributed by atoms with Crippen molar-refractivity contribution in [2.75, 3.05) is 6.61 Å². The zero-order valence-corrected chi connectivity index (χ0v) is 10.7. The second-order valence-electron chi connectivity index (χ2n) is 4.64. The Kier molecular flexibility index (Phi) is 6.58. The Hall–Kier alpha value is -0.730. The molecule has 0 radical (unpaired) electrons. The van der Waals surface area contributed by atoms with Gasteiger partial charge in [-0.15, -0.1) is 12.4 Å². The average molecular weight is 258 g/mol. The fourth-order valence-corrected chi connectivity index (χ4v) is 1.87. The minimum Gasteiger partial charge on any atom is -0.492 e. The summed E-state index contributed by atoms with van der Waals surface area (Å²) in [6.07, 6.45) is 2.55. The van der Waals surface area contributed by atoms with Gasteiger partial charge in [-0.2, -0.15) is 0 Å². The maximum Gasteiger partial charge on any atom is 0.119 e. The molecule has 0 amide bonds. The van der Waals surface area contributed by atoms with Crippen LogP contribution in [0.1, 0.15) is 31.4 Å². The molecule has 0 bridgehead atoms. The standard InChI is InChI=1S/C13H19NO.CH4.ClH/c1-9-5-10(2)7-12(6-9)15-8-13(14)11-3-4-11;;/h5-7,11,13H,3-4,8,14H2,1-2H3;1H4;1H/t13-;;/m1../s1. The van der Waals surface area contributed by atoms with Gasteiger partial charge in [-0.1, -0.05) is 13.5 Å². The van der Waals surface area contributed by atoms with E-state index >= 15 is 0 Å². The largest absolute Gasteiger partial charge is 0.492 e. The Labute approximate surface area is 111 Å². The van der Waals surface area contributed by atoms with Crippen LogP contribution in [-0.4, -0.2) is 12.6 Å². The number of hydrogen-bond donors (Lipinski definition) is 1. The first kappa shape index (κ1) is 16.3. The molecule has 0 aliphatic heterocycles. The van der Waals surface area contributed by atoms with E-state index in [1.165, 1.54) is 24.0 Å². The smallest absolute Gasteiger partial charge is 0.119 e. The molecule has 1 saturated carbocycles. The van der Waals surface area contributed by atoms with E-state index in [0.29, 0.717) is 12.5 Å². The molecule has 0 spiro atoms. The van der Waals surface area contributed by atoms with Crippen molar-refractivity contribution in [3.8, 4) is 5.75 Å². The Morgan fingerprint density at radius 1 is 1.24 bits per heavy atom. The van der Waals surface area contributed by atoms with Gasteiger partial charge in [0.15, 0.2) is 0 Å². The first-order valence-electron chi connectivity index (χ1n) is 5.62. The average Bonchev–Trinajstić information content (AvgIpc) is 2.95. The lowest BCUT2D eigenvalue weighted by Crippen LogP contribution is -2.29. The molecule has 0 heterocycles. The van der Waals surface area contributed by atoms with Crippen LogP contribution in [0.5, 0.6) is 5.75 Å². The van der Waals surface area contributed by atoms with Gasteiger partial charge in [-0.3, -0.25) is 0 Å². The van der Waals surface area contributed by atoms with E-state index < -0.39 is 0 Å². The predicted octanol–water partition coefficient (Wildman–Crippen LogP) is 3.48. The van der Waals surface area contributed by atoms with Crippen LogP contribution in [0.15, 0.2) is 18.2 Å². The summed E-state index contributed by atoms with van der Waals surface area (Å²) in [6.45, 7) is 4.81. The Morgan fingerprint density at radius 3 is 2.24 bits per heavy atom. The van der Waals surface area contributed by atoms with Gasteiger partial charge >= 0.3 is 0 Å². The van der Waals surface area contributed by atoms with E-state index in [9.17, 15) is 0 Å². The lowest BCUT2D eigenvalue weighted by Gasteiger charge is -2.13. The summed E-state index contributed by atoms with van der Waals surface area (Å²) in [6, 6.07) is 6.48. The normalized spacial score (nSPS) is 15.5. The van der Waals surface area contributed by atoms with Crippen molar-refractivity contribution in [3.05, 3.63) is 29.3 Å². The highest BCUT2D eigenvalue weighted by atomic mass is 35.5. The SMILES string of the molecule is C.Cc1cc(C)cc(OC[C@@H](N)C2CC2)c1.Cl. The Bertz CT molecular complexity index is 330. The summed E-state index contributed by atoms with van der Waals surface area (Å²) in [5.41, 5.74) is 8.46. The number of hydrogen-bond acceptors (Lipinski definition) is 2. The summed E-state index contributed by atoms with van der Waals surface area (Å²) in [7, 11) is 0. The molecule has 1 aromatic rings. The fraction of sp³-hybridized carbons (Fsp3) is 0.571. The molecule has 1 fully saturated rings. The summed E-state index contributed by atoms with van der Waals surface area (Å²) in [4.78, 5) is 0. The highest BCUT2D eigenvalue weighted by Gasteiger charge is 2.28. The van der Waals surface area contributed by atoms with Crippen LogP contribution in [0.2, 0.25) is 0 Å². The molecule has 2 nitrogen and oxygen atoms in total. The topological polar surface area (TPSA) is 35.2 Å². The maximum absolute atomic E-state index is 5.98. The molecule has 0 aromatic heterocycles. The molecule has 1 aliphatic rings. The second kappa shape index (κ2) is 6.87. The van der Waals surface area contributed by atoms with Crippen molar-refractivity contribution < 1.29 is 4.74 Å². The fourth-order valence-electron chi connectivity index (χ4n) is 1.87. The zero-order valence-electron chi connectivity index (χ0n) is 9.90. The van der Waals surface area contributed by atoms with Crippen LogP contribution in [0, 0.1) is 19.8 Å². The van der Waals surface area contributed by atoms with E-state index in [-0.39, 0.29) is 25.9 Å². The van der Waals surface area contributed by atoms with Crippen molar-refractivity contribution in [1.29, 1.82) is 0 Å². The van der Waals surface area contributed by atoms with Crippen molar-refractivity contribution in [1.82, 2.24) is 0 Å². The minimum absolute atomic E-state index is 0. The van der Waals surface area contributed by atoms with Crippen molar-refractivity contribution in [3.63, 3.8) is 0 Å². The Balaban J connectivity index is 0.00000128. The zero-order chi connectivity index (χ0) is 10.8. The molecule has 98 valence electrons. The second-order valence-corrected chi connectivity index (χ2v) is 4.64. The van der Waals surface area contributed by atoms with E-state index in [1.807, 2.05) is 0 Å². The summed E-state index contributed by atoms with van der Waals surface area (Å²) in [5, 5.41) is 0. The van der Waals surface area contributed by atoms with Gasteiger partial charge in [0.1, 0.15) is 12.4 Å². The van der Waals surface area contributed by atoms with Gasteiger partial charge in [0.2, 0.25) is 0 Å². The molecule has 2 rings (SSSR count). The third kappa shape index (κ3) is 4.97. The summed E-state index contributed by atoms with van der Waals surface area (Å²) < 4.78 is 5.71. The number of nitrogens with two attached hydrogens (primary N) is 1. The molecule has 2 N–H and O–H groups in total. The van der Waals surface area contributed by atoms with E-state index in [2.05, 4.69) is 32.0 Å². The van der Waals surface area contributed by atoms with Crippen LogP contribution in [0.25, 0.3) is 0 Å². The summed E-state index contributed by atoms with van der Waals surface area (Å²) in [5.74, 6) is 1.65. The quantitative estimate of drug-likeness (QED) is 0.896. The molecular weight excluding hydrogens is 234 g/mol. The molecule has 0 saturated heterocycles. The van der Waals surface area contributed by atoms with Gasteiger partial charge in [0.25, 0.3) is 0 Å². The van der Waals surface area contributed by atoms with E-state index in [0.717, 1.165) is 5.75 Å². The van der Waals surface area contributed by atoms with Crippen LogP contribution in [0.4, 0.5) is 0 Å². The van der Waals surface area contributed by atoms with Crippen LogP contribution in [-0.2, 0) is 0 Å². The van der Waals surface area contributed by atoms with Gasteiger partial charge < -0.3 is 10.5 Å². The van der Waals surface area contributed by atoms with E-state index in [4.69, 9.17) is 10.5 Å². The van der Waals surface area contributed by atoms with Crippen LogP contribution >= 0.6 is 12.4 Å². The minimum atomic E-state index is 0. The third-order valence-electron chi connectivity index (χ3n) is 2.87. The number of halogens is 1. The number of aryl methyl sites for hydroxylation is 2. The number of ether oxygens (including phenoxy) is 1. The molecule has 3 heteroatoms. The van der Waals surface area contributed by atoms with Crippen LogP contribution in [0.3, 0.4) is 0 Å². The van der Waals surface area contributed by atoms with Crippen molar-refractivity contribution in [2.24, 2.45) is 11.7 Å². The molecule has 1 aliphatic carbocycles. The molecular formula is C14H24ClNO. The molecule has 1 aromatic carbocycles. The molecule has 17 heavy (non-hydrogen) atoms. The van der Waals surface area contributed by atoms with Gasteiger partial charge in [0, 0.05) is 6.04 Å². The summed E-state index contributed by atoms with van der Waals surface area (Å²) >= 11 is 0. The third-order valence-corrected chi connectivity index (χ3v) is 2.87. The van der Waals surface area contributed by atoms with Crippen molar-refractivity contribution in [2.45, 2.75) is 40.2 Å². The first-order chi connectivity index (χ1) is 7.15. The monoisotopic (exact) mass is 257 g/mol. The van der Waals surface area contributed by atoms with Gasteiger partial charge in [-0.05, 0) is 55.9 Å². The van der Waals surface area contributed by atoms with Crippen LogP contribution < -0.4 is 10.5 Å². The van der Waals surface area contributed by atoms with E-state index in [1.54, 1.807) is 0 Å². The molecule has 0 unspecified atom stereocenters. The highest BCUT2D eigenvalue weighted by Crippen LogP contribution is 2.31. The van der Waals surface area contributed by atoms with Crippen molar-refractivity contribution >= 4 is 12.4 Å². The highest BCUT2D eigenvalue weighted by molar-refractivity contribution is 5.85. The predicted molar refractivity (Wildman–Crippen MR) is 76.1 cm³/mol. The van der Waals surface area contributed by atoms with Gasteiger partial charge in [0.05, 0.1) is 0 Å².